The molecule has 0 saturated carbocycles. The normalized spacial score (nSPS) is 12.1. The maximum atomic E-state index is 2.47. The predicted octanol–water partition coefficient (Wildman–Crippen LogP) is 21.9. The van der Waals surface area contributed by atoms with Gasteiger partial charge in [0.15, 0.2) is 0 Å². The quantitative estimate of drug-likeness (QED) is 0.151. The summed E-state index contributed by atoms with van der Waals surface area (Å²) >= 11 is 5.71. The Morgan fingerprint density at radius 1 is 0.228 bits per heavy atom. The highest BCUT2D eigenvalue weighted by Gasteiger charge is 2.24. The van der Waals surface area contributed by atoms with Crippen LogP contribution >= 0.6 is 34.0 Å². The van der Waals surface area contributed by atoms with Crippen LogP contribution in [0.1, 0.15) is 0 Å². The Balaban J connectivity index is 0.786. The van der Waals surface area contributed by atoms with Gasteiger partial charge in [-0.1, -0.05) is 133 Å². The summed E-state index contributed by atoms with van der Waals surface area (Å²) in [6.07, 6.45) is 0. The average molecular weight is 1060 g/mol. The molecule has 17 rings (SSSR count). The molecule has 12 aromatic carbocycles. The van der Waals surface area contributed by atoms with Crippen molar-refractivity contribution in [1.29, 1.82) is 0 Å². The minimum Gasteiger partial charge on any atom is -0.310 e. The summed E-state index contributed by atoms with van der Waals surface area (Å²) in [5, 5.41) is 12.7. The lowest BCUT2D eigenvalue weighted by atomic mass is 10.0. The molecule has 0 aliphatic rings. The van der Waals surface area contributed by atoms with E-state index in [1.54, 1.807) is 0 Å². The first-order chi connectivity index (χ1) is 39.2. The minimum absolute atomic E-state index is 1.12. The van der Waals surface area contributed by atoms with Gasteiger partial charge in [-0.15, -0.1) is 34.0 Å². The number of rotatable bonds is 8. The number of fused-ring (bicyclic) bond motifs is 15. The van der Waals surface area contributed by atoms with Gasteiger partial charge in [-0.2, -0.15) is 0 Å². The van der Waals surface area contributed by atoms with Crippen molar-refractivity contribution >= 4 is 172 Å². The fourth-order valence-corrected chi connectivity index (χ4v) is 16.3. The summed E-state index contributed by atoms with van der Waals surface area (Å²) in [6, 6.07) is 98.3. The molecule has 0 spiro atoms. The zero-order chi connectivity index (χ0) is 51.7. The van der Waals surface area contributed by atoms with E-state index in [0.29, 0.717) is 0 Å². The molecule has 0 radical (unpaired) electrons. The van der Waals surface area contributed by atoms with Gasteiger partial charge in [0, 0.05) is 116 Å². The molecular formula is C72H44N4S3. The molecule has 5 heterocycles. The van der Waals surface area contributed by atoms with Gasteiger partial charge in [0.2, 0.25) is 0 Å². The smallest absolute Gasteiger partial charge is 0.0562 e. The van der Waals surface area contributed by atoms with Crippen LogP contribution < -0.4 is 9.80 Å². The number of thiophene rings is 3. The number of benzene rings is 12. The second kappa shape index (κ2) is 17.5. The summed E-state index contributed by atoms with van der Waals surface area (Å²) in [6.45, 7) is 0. The van der Waals surface area contributed by atoms with Crippen LogP contribution in [0.5, 0.6) is 0 Å². The van der Waals surface area contributed by atoms with Crippen LogP contribution in [0.4, 0.5) is 34.1 Å². The zero-order valence-electron chi connectivity index (χ0n) is 42.4. The van der Waals surface area contributed by atoms with Crippen LogP contribution in [0, 0.1) is 0 Å². The van der Waals surface area contributed by atoms with Crippen LogP contribution in [0.15, 0.2) is 267 Å². The molecule has 17 aromatic rings. The van der Waals surface area contributed by atoms with Gasteiger partial charge in [-0.25, -0.2) is 0 Å². The molecule has 79 heavy (non-hydrogen) atoms. The second-order valence-electron chi connectivity index (χ2n) is 20.4. The zero-order valence-corrected chi connectivity index (χ0v) is 44.9. The number of aromatic nitrogens is 2. The van der Waals surface area contributed by atoms with E-state index in [1.165, 1.54) is 104 Å². The molecule has 7 heteroatoms. The SMILES string of the molecule is c1ccc(N(c2ccc3c(c2)sc2cc4sc5cc6sc7cc(N(c8ccccc8)c8cccc9c8c8ccccc8n9-c8ccccc8)ccc7c6cc5c4cc23)c2cccc3c2c2ccccc2n3-c2ccccc2)cc1. The lowest BCUT2D eigenvalue weighted by molar-refractivity contribution is 1.18. The summed E-state index contributed by atoms with van der Waals surface area (Å²) in [7, 11) is 0. The topological polar surface area (TPSA) is 16.3 Å². The van der Waals surface area contributed by atoms with E-state index in [4.69, 9.17) is 0 Å². The van der Waals surface area contributed by atoms with Crippen molar-refractivity contribution in [2.45, 2.75) is 0 Å². The summed E-state index contributed by atoms with van der Waals surface area (Å²) in [4.78, 5) is 4.90. The van der Waals surface area contributed by atoms with E-state index in [9.17, 15) is 0 Å². The molecule has 0 atom stereocenters. The Labute approximate surface area is 466 Å². The molecular weight excluding hydrogens is 1020 g/mol. The van der Waals surface area contributed by atoms with Crippen molar-refractivity contribution in [2.24, 2.45) is 0 Å². The van der Waals surface area contributed by atoms with Crippen molar-refractivity contribution < 1.29 is 0 Å². The third-order valence-electron chi connectivity index (χ3n) is 16.0. The Kier molecular flexibility index (Phi) is 9.89. The van der Waals surface area contributed by atoms with E-state index >= 15 is 0 Å². The number of para-hydroxylation sites is 6. The van der Waals surface area contributed by atoms with Crippen LogP contribution in [0.2, 0.25) is 0 Å². The first-order valence-corrected chi connectivity index (χ1v) is 29.2. The van der Waals surface area contributed by atoms with Crippen LogP contribution in [0.3, 0.4) is 0 Å². The van der Waals surface area contributed by atoms with Crippen molar-refractivity contribution in [1.82, 2.24) is 9.13 Å². The fourth-order valence-electron chi connectivity index (χ4n) is 12.7. The highest BCUT2D eigenvalue weighted by atomic mass is 32.1. The fraction of sp³-hybridized carbons (Fsp3) is 0. The molecule has 4 nitrogen and oxygen atoms in total. The Morgan fingerprint density at radius 3 is 0.987 bits per heavy atom. The van der Waals surface area contributed by atoms with E-state index in [-0.39, 0.29) is 0 Å². The van der Waals surface area contributed by atoms with Gasteiger partial charge in [0.05, 0.1) is 33.4 Å². The molecule has 0 bridgehead atoms. The van der Waals surface area contributed by atoms with Crippen LogP contribution in [0.25, 0.3) is 116 Å². The third kappa shape index (κ3) is 6.84. The van der Waals surface area contributed by atoms with Gasteiger partial charge in [-0.3, -0.25) is 0 Å². The van der Waals surface area contributed by atoms with Crippen molar-refractivity contribution in [2.75, 3.05) is 9.80 Å². The average Bonchev–Trinajstić information content (AvgIpc) is 4.35. The highest BCUT2D eigenvalue weighted by molar-refractivity contribution is 7.29. The van der Waals surface area contributed by atoms with Crippen LogP contribution in [-0.4, -0.2) is 9.13 Å². The van der Waals surface area contributed by atoms with Gasteiger partial charge in [0.1, 0.15) is 0 Å². The molecule has 0 aliphatic carbocycles. The van der Waals surface area contributed by atoms with Gasteiger partial charge < -0.3 is 18.9 Å². The largest absolute Gasteiger partial charge is 0.310 e. The Morgan fingerprint density at radius 2 is 0.570 bits per heavy atom. The molecule has 0 aliphatic heterocycles. The maximum absolute atomic E-state index is 2.47. The summed E-state index contributed by atoms with van der Waals surface area (Å²) in [5.74, 6) is 0. The van der Waals surface area contributed by atoms with Gasteiger partial charge in [-0.05, 0) is 133 Å². The first-order valence-electron chi connectivity index (χ1n) is 26.7. The van der Waals surface area contributed by atoms with Crippen LogP contribution in [-0.2, 0) is 0 Å². The molecule has 0 unspecified atom stereocenters. The number of hydrogen-bond acceptors (Lipinski definition) is 5. The number of hydrogen-bond donors (Lipinski definition) is 0. The van der Waals surface area contributed by atoms with Crippen molar-refractivity contribution in [3.05, 3.63) is 267 Å². The molecule has 0 saturated heterocycles. The summed E-state index contributed by atoms with van der Waals surface area (Å²) in [5.41, 5.74) is 13.9. The lowest BCUT2D eigenvalue weighted by Gasteiger charge is -2.26. The van der Waals surface area contributed by atoms with E-state index in [2.05, 4.69) is 286 Å². The van der Waals surface area contributed by atoms with Gasteiger partial charge in [0.25, 0.3) is 0 Å². The predicted molar refractivity (Wildman–Crippen MR) is 343 cm³/mol. The summed E-state index contributed by atoms with van der Waals surface area (Å²) < 4.78 is 12.6. The van der Waals surface area contributed by atoms with Crippen molar-refractivity contribution in [3.8, 4) is 11.4 Å². The Bertz CT molecular complexity index is 4930. The second-order valence-corrected chi connectivity index (χ2v) is 23.7. The highest BCUT2D eigenvalue weighted by Crippen LogP contribution is 2.50. The number of anilines is 6. The molecule has 5 aromatic heterocycles. The maximum Gasteiger partial charge on any atom is 0.0562 e. The number of nitrogens with zero attached hydrogens (tertiary/aromatic N) is 4. The molecule has 370 valence electrons. The Hall–Kier alpha value is -9.50. The van der Waals surface area contributed by atoms with E-state index in [1.807, 2.05) is 34.0 Å². The molecule has 0 fully saturated rings. The standard InChI is InChI=1S/C72H44N4S3/c1-5-19-45(20-6-1)73(61-31-17-33-63-71(61)53-27-13-15-29-59(53)75(63)47-23-9-3-10-24-47)49-35-37-51-55-41-57-58-42-56-52-38-36-50(40-66(52)78-68(56)44-70(58)79-69(57)43-67(55)77-65(51)39-49)74(46-21-7-2-8-22-46)62-32-18-34-64-72(62)54-28-14-16-30-60(54)76(64)48-25-11-4-12-26-48/h1-44H. The lowest BCUT2D eigenvalue weighted by Crippen LogP contribution is -2.10. The molecule has 0 N–H and O–H groups in total. The van der Waals surface area contributed by atoms with E-state index in [0.717, 1.165) is 45.5 Å². The first kappa shape index (κ1) is 44.6. The van der Waals surface area contributed by atoms with Gasteiger partial charge >= 0.3 is 0 Å². The van der Waals surface area contributed by atoms with Crippen molar-refractivity contribution in [3.63, 3.8) is 0 Å². The third-order valence-corrected chi connectivity index (χ3v) is 19.4. The van der Waals surface area contributed by atoms with E-state index < -0.39 is 0 Å². The molecule has 0 amide bonds. The minimum atomic E-state index is 1.12. The monoisotopic (exact) mass is 1060 g/mol.